The first-order valence-corrected chi connectivity index (χ1v) is 3.67. The lowest BCUT2D eigenvalue weighted by Crippen LogP contribution is -2.28. The lowest BCUT2D eigenvalue weighted by atomic mass is 10.2. The highest BCUT2D eigenvalue weighted by Crippen LogP contribution is 1.92. The summed E-state index contributed by atoms with van der Waals surface area (Å²) in [7, 11) is 0. The minimum Gasteiger partial charge on any atom is -0.293 e. The highest BCUT2D eigenvalue weighted by molar-refractivity contribution is 6.00. The van der Waals surface area contributed by atoms with Crippen molar-refractivity contribution in [2.45, 2.75) is 26.2 Å². The molecule has 0 aliphatic carbocycles. The van der Waals surface area contributed by atoms with E-state index < -0.39 is 5.91 Å². The maximum atomic E-state index is 10.8. The van der Waals surface area contributed by atoms with Crippen molar-refractivity contribution in [1.82, 2.24) is 5.32 Å². The van der Waals surface area contributed by atoms with Gasteiger partial charge in [0.15, 0.2) is 0 Å². The Hall–Kier alpha value is -1.12. The van der Waals surface area contributed by atoms with Crippen LogP contribution in [0.25, 0.3) is 0 Å². The first-order valence-electron chi connectivity index (χ1n) is 3.67. The summed E-state index contributed by atoms with van der Waals surface area (Å²) in [6.07, 6.45) is 3.27. The zero-order valence-electron chi connectivity index (χ0n) is 6.72. The lowest BCUT2D eigenvalue weighted by Gasteiger charge is -1.98. The van der Waals surface area contributed by atoms with Crippen molar-refractivity contribution in [3.8, 4) is 0 Å². The maximum Gasteiger partial charge on any atom is 0.249 e. The monoisotopic (exact) mass is 155 g/mol. The second-order valence-corrected chi connectivity index (χ2v) is 2.22. The first kappa shape index (κ1) is 9.88. The van der Waals surface area contributed by atoms with Gasteiger partial charge in [-0.05, 0) is 12.5 Å². The minimum atomic E-state index is -0.425. The Balaban J connectivity index is 3.52. The van der Waals surface area contributed by atoms with Crippen LogP contribution in [0.1, 0.15) is 26.2 Å². The van der Waals surface area contributed by atoms with Crippen LogP contribution in [-0.4, -0.2) is 11.8 Å². The van der Waals surface area contributed by atoms with Crippen LogP contribution in [0.3, 0.4) is 0 Å². The highest BCUT2D eigenvalue weighted by Gasteiger charge is 2.01. The smallest absolute Gasteiger partial charge is 0.249 e. The summed E-state index contributed by atoms with van der Waals surface area (Å²) in [6.45, 7) is 5.22. The third-order valence-corrected chi connectivity index (χ3v) is 1.21. The molecule has 0 heterocycles. The molecule has 1 N–H and O–H groups in total. The van der Waals surface area contributed by atoms with Crippen molar-refractivity contribution in [3.63, 3.8) is 0 Å². The second-order valence-electron chi connectivity index (χ2n) is 2.22. The molecule has 0 radical (unpaired) electrons. The van der Waals surface area contributed by atoms with Gasteiger partial charge >= 0.3 is 0 Å². The molecule has 0 aliphatic heterocycles. The Morgan fingerprint density at radius 3 is 2.64 bits per heavy atom. The molecule has 0 unspecified atom stereocenters. The molecule has 0 bridgehead atoms. The Morgan fingerprint density at radius 1 is 1.55 bits per heavy atom. The molecule has 0 atom stereocenters. The SMILES string of the molecule is C=CC(=O)NC(=O)CCCC. The van der Waals surface area contributed by atoms with Gasteiger partial charge in [0.1, 0.15) is 0 Å². The molecule has 62 valence electrons. The molecule has 0 aromatic heterocycles. The molecule has 3 nitrogen and oxygen atoms in total. The topological polar surface area (TPSA) is 46.2 Å². The zero-order valence-corrected chi connectivity index (χ0v) is 6.72. The van der Waals surface area contributed by atoms with Crippen molar-refractivity contribution < 1.29 is 9.59 Å². The summed E-state index contributed by atoms with van der Waals surface area (Å²) in [4.78, 5) is 21.3. The van der Waals surface area contributed by atoms with Gasteiger partial charge in [0.2, 0.25) is 11.8 Å². The molecule has 0 aromatic rings. The molecule has 0 aliphatic rings. The molecule has 0 aromatic carbocycles. The van der Waals surface area contributed by atoms with Gasteiger partial charge < -0.3 is 0 Å². The highest BCUT2D eigenvalue weighted by atomic mass is 16.2. The molecular formula is C8H13NO2. The van der Waals surface area contributed by atoms with Crippen molar-refractivity contribution in [3.05, 3.63) is 12.7 Å². The Morgan fingerprint density at radius 2 is 2.18 bits per heavy atom. The van der Waals surface area contributed by atoms with E-state index in [1.54, 1.807) is 0 Å². The molecular weight excluding hydrogens is 142 g/mol. The summed E-state index contributed by atoms with van der Waals surface area (Å²) >= 11 is 0. The fourth-order valence-electron chi connectivity index (χ4n) is 0.588. The summed E-state index contributed by atoms with van der Waals surface area (Å²) in [6, 6.07) is 0. The minimum absolute atomic E-state index is 0.225. The summed E-state index contributed by atoms with van der Waals surface area (Å²) < 4.78 is 0. The number of carbonyl (C=O) groups excluding carboxylic acids is 2. The zero-order chi connectivity index (χ0) is 8.69. The molecule has 0 saturated carbocycles. The van der Waals surface area contributed by atoms with Gasteiger partial charge in [-0.2, -0.15) is 0 Å². The third kappa shape index (κ3) is 5.33. The molecule has 11 heavy (non-hydrogen) atoms. The summed E-state index contributed by atoms with van der Waals surface area (Å²) in [5.41, 5.74) is 0. The van der Waals surface area contributed by atoms with Gasteiger partial charge in [0.25, 0.3) is 0 Å². The molecule has 0 spiro atoms. The van der Waals surface area contributed by atoms with Crippen LogP contribution in [0.4, 0.5) is 0 Å². The van der Waals surface area contributed by atoms with Gasteiger partial charge in [-0.3, -0.25) is 14.9 Å². The average Bonchev–Trinajstić information content (AvgIpc) is 2.00. The van der Waals surface area contributed by atoms with Crippen LogP contribution < -0.4 is 5.32 Å². The van der Waals surface area contributed by atoms with E-state index in [1.165, 1.54) is 0 Å². The van der Waals surface area contributed by atoms with E-state index in [9.17, 15) is 9.59 Å². The van der Waals surface area contributed by atoms with E-state index >= 15 is 0 Å². The van der Waals surface area contributed by atoms with Crippen LogP contribution in [-0.2, 0) is 9.59 Å². The van der Waals surface area contributed by atoms with E-state index in [1.807, 2.05) is 6.92 Å². The molecule has 0 saturated heterocycles. The molecule has 0 fully saturated rings. The number of hydrogen-bond acceptors (Lipinski definition) is 2. The normalized spacial score (nSPS) is 8.82. The predicted molar refractivity (Wildman–Crippen MR) is 42.9 cm³/mol. The van der Waals surface area contributed by atoms with E-state index in [-0.39, 0.29) is 5.91 Å². The van der Waals surface area contributed by atoms with E-state index in [4.69, 9.17) is 0 Å². The number of imide groups is 1. The van der Waals surface area contributed by atoms with E-state index in [2.05, 4.69) is 11.9 Å². The van der Waals surface area contributed by atoms with Gasteiger partial charge in [-0.15, -0.1) is 0 Å². The Bertz CT molecular complexity index is 163. The number of unbranched alkanes of at least 4 members (excludes halogenated alkanes) is 1. The van der Waals surface area contributed by atoms with Crippen LogP contribution in [0.2, 0.25) is 0 Å². The number of amides is 2. The van der Waals surface area contributed by atoms with Crippen molar-refractivity contribution >= 4 is 11.8 Å². The Labute approximate surface area is 66.5 Å². The summed E-state index contributed by atoms with van der Waals surface area (Å²) in [5.74, 6) is -0.650. The predicted octanol–water partition coefficient (Wildman–Crippen LogP) is 1.01. The number of nitrogens with one attached hydrogen (secondary N) is 1. The van der Waals surface area contributed by atoms with Crippen LogP contribution in [0, 0.1) is 0 Å². The second kappa shape index (κ2) is 5.65. The fraction of sp³-hybridized carbons (Fsp3) is 0.500. The largest absolute Gasteiger partial charge is 0.293 e. The van der Waals surface area contributed by atoms with Crippen molar-refractivity contribution in [1.29, 1.82) is 0 Å². The standard InChI is InChI=1S/C8H13NO2/c1-3-5-6-8(11)9-7(10)4-2/h4H,2-3,5-6H2,1H3,(H,9,10,11). The summed E-state index contributed by atoms with van der Waals surface area (Å²) in [5, 5.41) is 2.17. The third-order valence-electron chi connectivity index (χ3n) is 1.21. The van der Waals surface area contributed by atoms with E-state index in [0.717, 1.165) is 18.9 Å². The molecule has 3 heteroatoms. The van der Waals surface area contributed by atoms with Crippen LogP contribution in [0.5, 0.6) is 0 Å². The lowest BCUT2D eigenvalue weighted by molar-refractivity contribution is -0.128. The van der Waals surface area contributed by atoms with Gasteiger partial charge in [-0.1, -0.05) is 19.9 Å². The van der Waals surface area contributed by atoms with Gasteiger partial charge in [0, 0.05) is 6.42 Å². The molecule has 0 rings (SSSR count). The fourth-order valence-corrected chi connectivity index (χ4v) is 0.588. The van der Waals surface area contributed by atoms with Gasteiger partial charge in [-0.25, -0.2) is 0 Å². The van der Waals surface area contributed by atoms with Gasteiger partial charge in [0.05, 0.1) is 0 Å². The number of carbonyl (C=O) groups is 2. The average molecular weight is 155 g/mol. The first-order chi connectivity index (χ1) is 5.20. The van der Waals surface area contributed by atoms with E-state index in [0.29, 0.717) is 6.42 Å². The van der Waals surface area contributed by atoms with Crippen molar-refractivity contribution in [2.75, 3.05) is 0 Å². The van der Waals surface area contributed by atoms with Crippen LogP contribution >= 0.6 is 0 Å². The maximum absolute atomic E-state index is 10.8. The Kier molecular flexibility index (Phi) is 5.07. The quantitative estimate of drug-likeness (QED) is 0.616. The van der Waals surface area contributed by atoms with Crippen molar-refractivity contribution in [2.24, 2.45) is 0 Å². The molecule has 2 amide bonds. The van der Waals surface area contributed by atoms with Crippen LogP contribution in [0.15, 0.2) is 12.7 Å². The number of rotatable bonds is 4. The number of hydrogen-bond donors (Lipinski definition) is 1.